The van der Waals surface area contributed by atoms with E-state index in [1.165, 1.54) is 14.2 Å². The lowest BCUT2D eigenvalue weighted by Gasteiger charge is -2.15. The number of methoxy groups -OCH3 is 2. The van der Waals surface area contributed by atoms with Crippen LogP contribution in [0.15, 0.2) is 30.3 Å². The Labute approximate surface area is 141 Å². The van der Waals surface area contributed by atoms with Gasteiger partial charge >= 0.3 is 5.97 Å². The molecule has 0 bridgehead atoms. The van der Waals surface area contributed by atoms with Crippen molar-refractivity contribution in [3.8, 4) is 11.5 Å². The van der Waals surface area contributed by atoms with Gasteiger partial charge in [0.15, 0.2) is 11.5 Å². The molecule has 130 valence electrons. The number of halogens is 1. The lowest BCUT2D eigenvalue weighted by molar-refractivity contribution is -0.384. The van der Waals surface area contributed by atoms with Crippen molar-refractivity contribution in [1.29, 1.82) is 0 Å². The molecule has 9 heteroatoms. The number of nitro benzene ring substituents is 1. The summed E-state index contributed by atoms with van der Waals surface area (Å²) in [5, 5.41) is 13.5. The van der Waals surface area contributed by atoms with E-state index in [1.54, 1.807) is 12.1 Å². The fraction of sp³-hybridized carbons (Fsp3) is 0.188. The van der Waals surface area contributed by atoms with Crippen molar-refractivity contribution in [3.63, 3.8) is 0 Å². The molecule has 0 saturated carbocycles. The molecule has 25 heavy (non-hydrogen) atoms. The van der Waals surface area contributed by atoms with Crippen LogP contribution in [-0.4, -0.2) is 25.1 Å². The number of carbonyl (C=O) groups excluding carboxylic acids is 1. The van der Waals surface area contributed by atoms with Crippen molar-refractivity contribution in [2.75, 3.05) is 19.5 Å². The van der Waals surface area contributed by atoms with Gasteiger partial charge in [0.25, 0.3) is 5.69 Å². The van der Waals surface area contributed by atoms with Gasteiger partial charge in [-0.15, -0.1) is 0 Å². The third-order valence-electron chi connectivity index (χ3n) is 3.74. The third-order valence-corrected chi connectivity index (χ3v) is 3.74. The monoisotopic (exact) mass is 348 g/mol. The standard InChI is InChI=1S/C16H13FN2O6/c1-23-12-6-4-9-13(14(12)24-2)16(20)25-15(9)18-11-7-8(19(21)22)3-5-10(11)17/h3-7,15,18H,1-2H3. The number of fused-ring (bicyclic) bond motifs is 1. The number of rotatable bonds is 5. The van der Waals surface area contributed by atoms with Gasteiger partial charge in [-0.1, -0.05) is 0 Å². The summed E-state index contributed by atoms with van der Waals surface area (Å²) in [5.41, 5.74) is 0.120. The van der Waals surface area contributed by atoms with E-state index in [0.29, 0.717) is 11.3 Å². The highest BCUT2D eigenvalue weighted by Gasteiger charge is 2.36. The zero-order valence-corrected chi connectivity index (χ0v) is 13.2. The lowest BCUT2D eigenvalue weighted by Crippen LogP contribution is -2.11. The zero-order valence-electron chi connectivity index (χ0n) is 13.2. The van der Waals surface area contributed by atoms with Crippen LogP contribution >= 0.6 is 0 Å². The Morgan fingerprint density at radius 2 is 2.00 bits per heavy atom. The van der Waals surface area contributed by atoms with Crippen LogP contribution in [0.4, 0.5) is 15.8 Å². The Hall–Kier alpha value is -3.36. The second-order valence-electron chi connectivity index (χ2n) is 5.12. The molecule has 1 aliphatic rings. The van der Waals surface area contributed by atoms with Gasteiger partial charge in [0.1, 0.15) is 11.4 Å². The summed E-state index contributed by atoms with van der Waals surface area (Å²) in [6, 6.07) is 6.20. The molecular weight excluding hydrogens is 335 g/mol. The molecule has 1 atom stereocenters. The Morgan fingerprint density at radius 3 is 2.64 bits per heavy atom. The van der Waals surface area contributed by atoms with Crippen LogP contribution in [0.5, 0.6) is 11.5 Å². The van der Waals surface area contributed by atoms with Crippen molar-refractivity contribution in [3.05, 3.63) is 57.4 Å². The van der Waals surface area contributed by atoms with Crippen molar-refractivity contribution < 1.29 is 28.3 Å². The molecule has 1 N–H and O–H groups in total. The van der Waals surface area contributed by atoms with Crippen LogP contribution in [0.2, 0.25) is 0 Å². The van der Waals surface area contributed by atoms with E-state index in [1.807, 2.05) is 0 Å². The number of cyclic esters (lactones) is 1. The number of nitrogens with one attached hydrogen (secondary N) is 1. The van der Waals surface area contributed by atoms with Crippen LogP contribution in [-0.2, 0) is 4.74 Å². The molecule has 0 fully saturated rings. The van der Waals surface area contributed by atoms with E-state index in [0.717, 1.165) is 18.2 Å². The number of nitro groups is 1. The fourth-order valence-corrected chi connectivity index (χ4v) is 2.59. The smallest absolute Gasteiger partial charge is 0.344 e. The van der Waals surface area contributed by atoms with Crippen molar-refractivity contribution in [1.82, 2.24) is 0 Å². The molecular formula is C16H13FN2O6. The number of esters is 1. The first kappa shape index (κ1) is 16.5. The van der Waals surface area contributed by atoms with Crippen molar-refractivity contribution >= 4 is 17.3 Å². The first-order valence-corrected chi connectivity index (χ1v) is 7.12. The van der Waals surface area contributed by atoms with Crippen LogP contribution in [0.25, 0.3) is 0 Å². The number of non-ortho nitro benzene ring substituents is 1. The molecule has 0 spiro atoms. The molecule has 3 rings (SSSR count). The zero-order chi connectivity index (χ0) is 18.1. The second kappa shape index (κ2) is 6.27. The van der Waals surface area contributed by atoms with Crippen molar-refractivity contribution in [2.45, 2.75) is 6.23 Å². The van der Waals surface area contributed by atoms with E-state index in [4.69, 9.17) is 14.2 Å². The van der Waals surface area contributed by atoms with Crippen LogP contribution < -0.4 is 14.8 Å². The highest BCUT2D eigenvalue weighted by Crippen LogP contribution is 2.42. The number of ether oxygens (including phenoxy) is 3. The van der Waals surface area contributed by atoms with Gasteiger partial charge in [0, 0.05) is 17.7 Å². The molecule has 0 aromatic heterocycles. The SMILES string of the molecule is COc1ccc2c(c1OC)C(=O)OC2Nc1cc([N+](=O)[O-])ccc1F. The Morgan fingerprint density at radius 1 is 1.24 bits per heavy atom. The minimum absolute atomic E-state index is 0.158. The summed E-state index contributed by atoms with van der Waals surface area (Å²) in [6.45, 7) is 0. The molecule has 0 radical (unpaired) electrons. The quantitative estimate of drug-likeness (QED) is 0.503. The number of nitrogens with zero attached hydrogens (tertiary/aromatic N) is 1. The highest BCUT2D eigenvalue weighted by molar-refractivity contribution is 5.98. The Balaban J connectivity index is 2.00. The van der Waals surface area contributed by atoms with Crippen LogP contribution in [0, 0.1) is 15.9 Å². The van der Waals surface area contributed by atoms with Gasteiger partial charge in [0.2, 0.25) is 6.23 Å². The maximum absolute atomic E-state index is 14.0. The Bertz CT molecular complexity index is 870. The van der Waals surface area contributed by atoms with E-state index in [-0.39, 0.29) is 22.7 Å². The fourth-order valence-electron chi connectivity index (χ4n) is 2.59. The average molecular weight is 348 g/mol. The summed E-state index contributed by atoms with van der Waals surface area (Å²) in [4.78, 5) is 22.4. The maximum atomic E-state index is 14.0. The van der Waals surface area contributed by atoms with Gasteiger partial charge in [-0.2, -0.15) is 0 Å². The van der Waals surface area contributed by atoms with Crippen LogP contribution in [0.1, 0.15) is 22.1 Å². The maximum Gasteiger partial charge on any atom is 0.344 e. The number of hydrogen-bond donors (Lipinski definition) is 1. The third kappa shape index (κ3) is 2.80. The number of anilines is 1. The lowest BCUT2D eigenvalue weighted by atomic mass is 10.1. The molecule has 0 saturated heterocycles. The largest absolute Gasteiger partial charge is 0.493 e. The minimum atomic E-state index is -1.01. The summed E-state index contributed by atoms with van der Waals surface area (Å²) < 4.78 is 29.5. The molecule has 1 unspecified atom stereocenters. The topological polar surface area (TPSA) is 99.9 Å². The van der Waals surface area contributed by atoms with Gasteiger partial charge in [0.05, 0.1) is 24.8 Å². The molecule has 1 heterocycles. The number of hydrogen-bond acceptors (Lipinski definition) is 7. The predicted molar refractivity (Wildman–Crippen MR) is 84.4 cm³/mol. The predicted octanol–water partition coefficient (Wildman–Crippen LogP) is 3.03. The molecule has 8 nitrogen and oxygen atoms in total. The first-order valence-electron chi connectivity index (χ1n) is 7.12. The van der Waals surface area contributed by atoms with E-state index >= 15 is 0 Å². The van der Waals surface area contributed by atoms with Gasteiger partial charge < -0.3 is 19.5 Å². The minimum Gasteiger partial charge on any atom is -0.493 e. The van der Waals surface area contributed by atoms with E-state index in [2.05, 4.69) is 5.32 Å². The molecule has 0 amide bonds. The van der Waals surface area contributed by atoms with E-state index in [9.17, 15) is 19.3 Å². The first-order chi connectivity index (χ1) is 12.0. The molecule has 0 aliphatic carbocycles. The normalized spacial score (nSPS) is 15.3. The highest BCUT2D eigenvalue weighted by atomic mass is 19.1. The summed E-state index contributed by atoms with van der Waals surface area (Å²) in [7, 11) is 2.81. The van der Waals surface area contributed by atoms with E-state index < -0.39 is 22.9 Å². The summed E-state index contributed by atoms with van der Waals surface area (Å²) >= 11 is 0. The number of carbonyl (C=O) groups is 1. The average Bonchev–Trinajstić information content (AvgIpc) is 2.91. The van der Waals surface area contributed by atoms with Crippen molar-refractivity contribution in [2.24, 2.45) is 0 Å². The second-order valence-corrected chi connectivity index (χ2v) is 5.12. The molecule has 2 aromatic rings. The molecule has 1 aliphatic heterocycles. The van der Waals surface area contributed by atoms with Gasteiger partial charge in [-0.3, -0.25) is 10.1 Å². The number of benzene rings is 2. The van der Waals surface area contributed by atoms with Crippen LogP contribution in [0.3, 0.4) is 0 Å². The summed E-state index contributed by atoms with van der Waals surface area (Å²) in [5.74, 6) is -0.834. The van der Waals surface area contributed by atoms with Gasteiger partial charge in [-0.25, -0.2) is 9.18 Å². The Kier molecular flexibility index (Phi) is 4.14. The summed E-state index contributed by atoms with van der Waals surface area (Å²) in [6.07, 6.45) is -1.01. The molecule has 2 aromatic carbocycles. The van der Waals surface area contributed by atoms with Gasteiger partial charge in [-0.05, 0) is 18.2 Å².